The molecule has 0 saturated carbocycles. The minimum Gasteiger partial charge on any atom is -0.383 e. The number of halogens is 1. The van der Waals surface area contributed by atoms with E-state index < -0.39 is 0 Å². The van der Waals surface area contributed by atoms with E-state index in [1.54, 1.807) is 26.2 Å². The summed E-state index contributed by atoms with van der Waals surface area (Å²) in [6.07, 6.45) is 0.426. The zero-order chi connectivity index (χ0) is 13.8. The van der Waals surface area contributed by atoms with Gasteiger partial charge in [-0.15, -0.1) is 0 Å². The number of methoxy groups -OCH3 is 1. The highest BCUT2D eigenvalue weighted by Crippen LogP contribution is 2.19. The van der Waals surface area contributed by atoms with E-state index in [2.05, 4.69) is 10.1 Å². The molecule has 0 aliphatic carbocycles. The maximum absolute atomic E-state index is 13.5. The molecule has 0 saturated heterocycles. The topological polar surface area (TPSA) is 74.2 Å². The Morgan fingerprint density at radius 2 is 2.26 bits per heavy atom. The monoisotopic (exact) mass is 265 g/mol. The quantitative estimate of drug-likeness (QED) is 0.890. The Morgan fingerprint density at radius 3 is 2.95 bits per heavy atom. The summed E-state index contributed by atoms with van der Waals surface area (Å²) in [4.78, 5) is 4.19. The van der Waals surface area contributed by atoms with Gasteiger partial charge in [0, 0.05) is 25.1 Å². The van der Waals surface area contributed by atoms with Gasteiger partial charge < -0.3 is 15.0 Å². The molecule has 102 valence electrons. The number of rotatable bonds is 5. The van der Waals surface area contributed by atoms with Gasteiger partial charge in [-0.1, -0.05) is 17.3 Å². The smallest absolute Gasteiger partial charge is 0.228 e. The molecular formula is C13H16FN3O2. The van der Waals surface area contributed by atoms with E-state index in [-0.39, 0.29) is 11.9 Å². The predicted molar refractivity (Wildman–Crippen MR) is 68.0 cm³/mol. The average molecular weight is 265 g/mol. The molecule has 19 heavy (non-hydrogen) atoms. The Hall–Kier alpha value is -1.79. The van der Waals surface area contributed by atoms with Crippen LogP contribution in [-0.4, -0.2) is 29.9 Å². The third-order valence-corrected chi connectivity index (χ3v) is 2.72. The van der Waals surface area contributed by atoms with Crippen molar-refractivity contribution in [3.63, 3.8) is 0 Å². The molecule has 0 spiro atoms. The third-order valence-electron chi connectivity index (χ3n) is 2.72. The summed E-state index contributed by atoms with van der Waals surface area (Å²) in [6, 6.07) is 4.62. The molecule has 1 aromatic heterocycles. The molecule has 0 aliphatic heterocycles. The van der Waals surface area contributed by atoms with Crippen LogP contribution in [0.4, 0.5) is 4.39 Å². The lowest BCUT2D eigenvalue weighted by Crippen LogP contribution is -2.28. The fourth-order valence-corrected chi connectivity index (χ4v) is 1.68. The normalized spacial score (nSPS) is 12.6. The molecule has 1 aromatic carbocycles. The Kier molecular flexibility index (Phi) is 4.24. The molecule has 2 aromatic rings. The van der Waals surface area contributed by atoms with Gasteiger partial charge in [0.1, 0.15) is 5.82 Å². The van der Waals surface area contributed by atoms with Gasteiger partial charge >= 0.3 is 0 Å². The zero-order valence-corrected chi connectivity index (χ0v) is 10.9. The largest absolute Gasteiger partial charge is 0.383 e. The second-order valence-electron chi connectivity index (χ2n) is 4.40. The summed E-state index contributed by atoms with van der Waals surface area (Å²) >= 11 is 0. The molecule has 0 amide bonds. The first kappa shape index (κ1) is 13.6. The Morgan fingerprint density at radius 1 is 1.47 bits per heavy atom. The van der Waals surface area contributed by atoms with Crippen LogP contribution >= 0.6 is 0 Å². The van der Waals surface area contributed by atoms with Crippen molar-refractivity contribution in [1.29, 1.82) is 0 Å². The van der Waals surface area contributed by atoms with Gasteiger partial charge in [0.25, 0.3) is 0 Å². The molecule has 1 atom stereocenters. The lowest BCUT2D eigenvalue weighted by molar-refractivity contribution is 0.176. The van der Waals surface area contributed by atoms with Crippen molar-refractivity contribution in [2.24, 2.45) is 5.73 Å². The SMILES string of the molecule is COCC(N)Cc1nc(-c2ccc(C)c(F)c2)no1. The second-order valence-corrected chi connectivity index (χ2v) is 4.40. The molecular weight excluding hydrogens is 249 g/mol. The van der Waals surface area contributed by atoms with Crippen molar-refractivity contribution in [2.45, 2.75) is 19.4 Å². The van der Waals surface area contributed by atoms with E-state index in [1.807, 2.05) is 0 Å². The summed E-state index contributed by atoms with van der Waals surface area (Å²) in [6.45, 7) is 2.11. The summed E-state index contributed by atoms with van der Waals surface area (Å²) < 4.78 is 23.5. The standard InChI is InChI=1S/C13H16FN3O2/c1-8-3-4-9(5-11(8)14)13-16-12(19-17-13)6-10(15)7-18-2/h3-5,10H,6-7,15H2,1-2H3. The Labute approximate surface area is 110 Å². The first-order valence-corrected chi connectivity index (χ1v) is 5.93. The van der Waals surface area contributed by atoms with Gasteiger partial charge in [0.2, 0.25) is 11.7 Å². The number of hydrogen-bond acceptors (Lipinski definition) is 5. The van der Waals surface area contributed by atoms with E-state index in [0.29, 0.717) is 35.9 Å². The summed E-state index contributed by atoms with van der Waals surface area (Å²) in [5.41, 5.74) is 6.96. The number of benzene rings is 1. The van der Waals surface area contributed by atoms with Gasteiger partial charge in [0.05, 0.1) is 6.61 Å². The number of nitrogens with zero attached hydrogens (tertiary/aromatic N) is 2. The van der Waals surface area contributed by atoms with E-state index in [1.165, 1.54) is 6.07 Å². The van der Waals surface area contributed by atoms with Crippen LogP contribution in [-0.2, 0) is 11.2 Å². The highest BCUT2D eigenvalue weighted by Gasteiger charge is 2.13. The van der Waals surface area contributed by atoms with Crippen molar-refractivity contribution < 1.29 is 13.7 Å². The Balaban J connectivity index is 2.14. The molecule has 0 radical (unpaired) electrons. The fraction of sp³-hybridized carbons (Fsp3) is 0.385. The highest BCUT2D eigenvalue weighted by atomic mass is 19.1. The minimum atomic E-state index is -0.292. The van der Waals surface area contributed by atoms with Crippen LogP contribution in [0.1, 0.15) is 11.5 Å². The number of hydrogen-bond donors (Lipinski definition) is 1. The van der Waals surface area contributed by atoms with E-state index in [4.69, 9.17) is 15.0 Å². The molecule has 5 nitrogen and oxygen atoms in total. The van der Waals surface area contributed by atoms with Crippen LogP contribution in [0, 0.1) is 12.7 Å². The lowest BCUT2D eigenvalue weighted by atomic mass is 10.1. The molecule has 1 heterocycles. The Bertz CT molecular complexity index is 557. The van der Waals surface area contributed by atoms with E-state index >= 15 is 0 Å². The molecule has 0 fully saturated rings. The molecule has 2 rings (SSSR count). The van der Waals surface area contributed by atoms with Crippen molar-refractivity contribution in [3.05, 3.63) is 35.5 Å². The second kappa shape index (κ2) is 5.90. The molecule has 2 N–H and O–H groups in total. The molecule has 0 bridgehead atoms. The maximum Gasteiger partial charge on any atom is 0.228 e. The minimum absolute atomic E-state index is 0.201. The van der Waals surface area contributed by atoms with Crippen molar-refractivity contribution in [1.82, 2.24) is 10.1 Å². The van der Waals surface area contributed by atoms with Crippen LogP contribution in [0.5, 0.6) is 0 Å². The van der Waals surface area contributed by atoms with Gasteiger partial charge in [-0.3, -0.25) is 0 Å². The van der Waals surface area contributed by atoms with Crippen LogP contribution in [0.2, 0.25) is 0 Å². The van der Waals surface area contributed by atoms with Crippen molar-refractivity contribution in [3.8, 4) is 11.4 Å². The van der Waals surface area contributed by atoms with Crippen LogP contribution in [0.3, 0.4) is 0 Å². The van der Waals surface area contributed by atoms with Crippen LogP contribution in [0.15, 0.2) is 22.7 Å². The van der Waals surface area contributed by atoms with Gasteiger partial charge in [-0.05, 0) is 18.6 Å². The summed E-state index contributed by atoms with van der Waals surface area (Å²) in [5.74, 6) is 0.485. The first-order chi connectivity index (χ1) is 9.10. The maximum atomic E-state index is 13.5. The van der Waals surface area contributed by atoms with E-state index in [0.717, 1.165) is 0 Å². The van der Waals surface area contributed by atoms with Gasteiger partial charge in [0.15, 0.2) is 0 Å². The van der Waals surface area contributed by atoms with Crippen molar-refractivity contribution in [2.75, 3.05) is 13.7 Å². The predicted octanol–water partition coefficient (Wildman–Crippen LogP) is 1.70. The zero-order valence-electron chi connectivity index (χ0n) is 10.9. The average Bonchev–Trinajstić information content (AvgIpc) is 2.81. The molecule has 0 aliphatic rings. The summed E-state index contributed by atoms with van der Waals surface area (Å²) in [7, 11) is 1.58. The van der Waals surface area contributed by atoms with Gasteiger partial charge in [-0.2, -0.15) is 4.98 Å². The van der Waals surface area contributed by atoms with Crippen LogP contribution in [0.25, 0.3) is 11.4 Å². The van der Waals surface area contributed by atoms with Gasteiger partial charge in [-0.25, -0.2) is 4.39 Å². The number of aromatic nitrogens is 2. The third kappa shape index (κ3) is 3.36. The van der Waals surface area contributed by atoms with Crippen LogP contribution < -0.4 is 5.73 Å². The van der Waals surface area contributed by atoms with E-state index in [9.17, 15) is 4.39 Å². The highest BCUT2D eigenvalue weighted by molar-refractivity contribution is 5.54. The number of ether oxygens (including phenoxy) is 1. The first-order valence-electron chi connectivity index (χ1n) is 5.93. The molecule has 1 unspecified atom stereocenters. The number of nitrogens with two attached hydrogens (primary N) is 1. The fourth-order valence-electron chi connectivity index (χ4n) is 1.68. The molecule has 6 heteroatoms. The lowest BCUT2D eigenvalue weighted by Gasteiger charge is -2.05. The number of aryl methyl sites for hydroxylation is 1. The van der Waals surface area contributed by atoms with Crippen molar-refractivity contribution >= 4 is 0 Å². The summed E-state index contributed by atoms with van der Waals surface area (Å²) in [5, 5.41) is 3.82.